The summed E-state index contributed by atoms with van der Waals surface area (Å²) in [5.41, 5.74) is 5.96. The van der Waals surface area contributed by atoms with Gasteiger partial charge in [0.05, 0.1) is 12.1 Å². The largest absolute Gasteiger partial charge is 0.380 e. The SMILES string of the molecule is CCOCC(C)(CN)N1CCC(C)C(C)C1. The van der Waals surface area contributed by atoms with Gasteiger partial charge in [-0.1, -0.05) is 13.8 Å². The molecule has 1 fully saturated rings. The topological polar surface area (TPSA) is 38.5 Å². The van der Waals surface area contributed by atoms with Gasteiger partial charge in [0.25, 0.3) is 0 Å². The first-order valence-electron chi connectivity index (χ1n) is 6.56. The zero-order valence-electron chi connectivity index (χ0n) is 11.3. The number of ether oxygens (including phenoxy) is 1. The Morgan fingerprint density at radius 1 is 1.38 bits per heavy atom. The molecule has 3 atom stereocenters. The molecule has 0 aromatic rings. The van der Waals surface area contributed by atoms with E-state index >= 15 is 0 Å². The van der Waals surface area contributed by atoms with E-state index in [2.05, 4.69) is 25.7 Å². The van der Waals surface area contributed by atoms with Crippen LogP contribution >= 0.6 is 0 Å². The molecule has 0 saturated carbocycles. The maximum atomic E-state index is 5.94. The lowest BCUT2D eigenvalue weighted by Gasteiger charge is -2.46. The summed E-state index contributed by atoms with van der Waals surface area (Å²) in [6.07, 6.45) is 1.28. The van der Waals surface area contributed by atoms with E-state index in [9.17, 15) is 0 Å². The molecule has 0 amide bonds. The fourth-order valence-corrected chi connectivity index (χ4v) is 2.35. The summed E-state index contributed by atoms with van der Waals surface area (Å²) < 4.78 is 5.58. The fraction of sp³-hybridized carbons (Fsp3) is 1.00. The van der Waals surface area contributed by atoms with E-state index in [0.29, 0.717) is 6.54 Å². The van der Waals surface area contributed by atoms with Gasteiger partial charge in [-0.25, -0.2) is 0 Å². The minimum absolute atomic E-state index is 0.0183. The molecule has 1 aliphatic rings. The Morgan fingerprint density at radius 2 is 2.06 bits per heavy atom. The van der Waals surface area contributed by atoms with E-state index < -0.39 is 0 Å². The van der Waals surface area contributed by atoms with Crippen LogP contribution in [0.1, 0.15) is 34.1 Å². The van der Waals surface area contributed by atoms with Gasteiger partial charge in [0.1, 0.15) is 0 Å². The van der Waals surface area contributed by atoms with Gasteiger partial charge in [0.2, 0.25) is 0 Å². The highest BCUT2D eigenvalue weighted by atomic mass is 16.5. The molecule has 0 aromatic carbocycles. The number of nitrogens with zero attached hydrogens (tertiary/aromatic N) is 1. The minimum Gasteiger partial charge on any atom is -0.380 e. The van der Waals surface area contributed by atoms with Gasteiger partial charge in [-0.15, -0.1) is 0 Å². The second kappa shape index (κ2) is 5.99. The van der Waals surface area contributed by atoms with Crippen molar-refractivity contribution >= 4 is 0 Å². The number of hydrogen-bond acceptors (Lipinski definition) is 3. The first kappa shape index (κ1) is 13.9. The van der Waals surface area contributed by atoms with Gasteiger partial charge < -0.3 is 10.5 Å². The normalized spacial score (nSPS) is 31.3. The summed E-state index contributed by atoms with van der Waals surface area (Å²) in [5.74, 6) is 1.60. The lowest BCUT2D eigenvalue weighted by Crippen LogP contribution is -2.58. The van der Waals surface area contributed by atoms with Crippen LogP contribution in [0.2, 0.25) is 0 Å². The van der Waals surface area contributed by atoms with E-state index in [0.717, 1.165) is 38.1 Å². The molecule has 16 heavy (non-hydrogen) atoms. The van der Waals surface area contributed by atoms with Crippen LogP contribution in [-0.2, 0) is 4.74 Å². The fourth-order valence-electron chi connectivity index (χ4n) is 2.35. The lowest BCUT2D eigenvalue weighted by molar-refractivity contribution is -0.0192. The van der Waals surface area contributed by atoms with E-state index in [1.54, 1.807) is 0 Å². The predicted octanol–water partition coefficient (Wildman–Crippen LogP) is 1.72. The van der Waals surface area contributed by atoms with E-state index in [-0.39, 0.29) is 5.54 Å². The monoisotopic (exact) mass is 228 g/mol. The average molecular weight is 228 g/mol. The molecular formula is C13H28N2O. The number of likely N-dealkylation sites (tertiary alicyclic amines) is 1. The van der Waals surface area contributed by atoms with Crippen LogP contribution in [0.4, 0.5) is 0 Å². The highest BCUT2D eigenvalue weighted by Gasteiger charge is 2.35. The van der Waals surface area contributed by atoms with Crippen molar-refractivity contribution in [2.45, 2.75) is 39.7 Å². The van der Waals surface area contributed by atoms with Crippen LogP contribution in [0.15, 0.2) is 0 Å². The van der Waals surface area contributed by atoms with Crippen molar-refractivity contribution in [1.29, 1.82) is 0 Å². The quantitative estimate of drug-likeness (QED) is 0.778. The second-order valence-corrected chi connectivity index (χ2v) is 5.53. The standard InChI is InChI=1S/C13H28N2O/c1-5-16-10-13(4,9-14)15-7-6-11(2)12(3)8-15/h11-12H,5-10,14H2,1-4H3. The highest BCUT2D eigenvalue weighted by Crippen LogP contribution is 2.27. The Bertz CT molecular complexity index is 210. The number of rotatable bonds is 5. The Morgan fingerprint density at radius 3 is 2.56 bits per heavy atom. The summed E-state index contributed by atoms with van der Waals surface area (Å²) >= 11 is 0. The van der Waals surface area contributed by atoms with Crippen molar-refractivity contribution in [1.82, 2.24) is 4.90 Å². The number of hydrogen-bond donors (Lipinski definition) is 1. The van der Waals surface area contributed by atoms with Gasteiger partial charge in [-0.2, -0.15) is 0 Å². The van der Waals surface area contributed by atoms with E-state index in [1.807, 2.05) is 6.92 Å². The zero-order chi connectivity index (χ0) is 12.2. The van der Waals surface area contributed by atoms with Crippen LogP contribution in [0.25, 0.3) is 0 Å². The Hall–Kier alpha value is -0.120. The molecule has 0 aromatic heterocycles. The number of piperidine rings is 1. The minimum atomic E-state index is 0.0183. The summed E-state index contributed by atoms with van der Waals surface area (Å²) in [6, 6.07) is 0. The van der Waals surface area contributed by atoms with Crippen molar-refractivity contribution in [3.05, 3.63) is 0 Å². The highest BCUT2D eigenvalue weighted by molar-refractivity contribution is 4.91. The van der Waals surface area contributed by atoms with Crippen molar-refractivity contribution in [3.63, 3.8) is 0 Å². The maximum Gasteiger partial charge on any atom is 0.0659 e. The molecule has 3 unspecified atom stereocenters. The van der Waals surface area contributed by atoms with Crippen molar-refractivity contribution in [2.75, 3.05) is 32.8 Å². The number of nitrogens with two attached hydrogens (primary N) is 1. The first-order chi connectivity index (χ1) is 7.53. The van der Waals surface area contributed by atoms with Crippen LogP contribution in [0.5, 0.6) is 0 Å². The summed E-state index contributed by atoms with van der Waals surface area (Å²) in [5, 5.41) is 0. The van der Waals surface area contributed by atoms with Gasteiger partial charge in [-0.05, 0) is 38.6 Å². The molecule has 0 radical (unpaired) electrons. The smallest absolute Gasteiger partial charge is 0.0659 e. The Balaban J connectivity index is 2.58. The molecule has 1 rings (SSSR count). The van der Waals surface area contributed by atoms with E-state index in [1.165, 1.54) is 6.42 Å². The molecule has 3 heteroatoms. The molecule has 3 nitrogen and oxygen atoms in total. The van der Waals surface area contributed by atoms with Crippen LogP contribution in [0, 0.1) is 11.8 Å². The third kappa shape index (κ3) is 3.19. The molecule has 1 heterocycles. The second-order valence-electron chi connectivity index (χ2n) is 5.53. The third-order valence-electron chi connectivity index (χ3n) is 4.15. The Kier molecular flexibility index (Phi) is 5.22. The molecular weight excluding hydrogens is 200 g/mol. The molecule has 0 aliphatic carbocycles. The van der Waals surface area contributed by atoms with Gasteiger partial charge >= 0.3 is 0 Å². The van der Waals surface area contributed by atoms with Crippen molar-refractivity contribution < 1.29 is 4.74 Å². The van der Waals surface area contributed by atoms with Crippen LogP contribution in [-0.4, -0.2) is 43.3 Å². The summed E-state index contributed by atoms with van der Waals surface area (Å²) in [7, 11) is 0. The van der Waals surface area contributed by atoms with Gasteiger partial charge in [0.15, 0.2) is 0 Å². The van der Waals surface area contributed by atoms with E-state index in [4.69, 9.17) is 10.5 Å². The summed E-state index contributed by atoms with van der Waals surface area (Å²) in [4.78, 5) is 2.52. The van der Waals surface area contributed by atoms with Crippen LogP contribution in [0.3, 0.4) is 0 Å². The molecule has 2 N–H and O–H groups in total. The van der Waals surface area contributed by atoms with Crippen molar-refractivity contribution in [3.8, 4) is 0 Å². The van der Waals surface area contributed by atoms with Crippen LogP contribution < -0.4 is 5.73 Å². The maximum absolute atomic E-state index is 5.94. The Labute approximate surface area is 100 Å². The van der Waals surface area contributed by atoms with Crippen molar-refractivity contribution in [2.24, 2.45) is 17.6 Å². The summed E-state index contributed by atoms with van der Waals surface area (Å²) in [6.45, 7) is 13.5. The molecule has 96 valence electrons. The predicted molar refractivity (Wildman–Crippen MR) is 68.5 cm³/mol. The molecule has 0 spiro atoms. The average Bonchev–Trinajstić information content (AvgIpc) is 2.29. The first-order valence-corrected chi connectivity index (χ1v) is 6.56. The third-order valence-corrected chi connectivity index (χ3v) is 4.15. The molecule has 0 bridgehead atoms. The zero-order valence-corrected chi connectivity index (χ0v) is 11.3. The molecule has 1 saturated heterocycles. The molecule has 1 aliphatic heterocycles. The lowest BCUT2D eigenvalue weighted by atomic mass is 9.85. The van der Waals surface area contributed by atoms with Gasteiger partial charge in [-0.3, -0.25) is 4.90 Å². The van der Waals surface area contributed by atoms with Gasteiger partial charge in [0, 0.05) is 19.7 Å².